The summed E-state index contributed by atoms with van der Waals surface area (Å²) in [5, 5.41) is 11.3. The third-order valence-corrected chi connectivity index (χ3v) is 3.70. The van der Waals surface area contributed by atoms with Crippen LogP contribution in [0.1, 0.15) is 11.1 Å². The number of hydrogen-bond donors (Lipinski definition) is 1. The smallest absolute Gasteiger partial charge is 0.235 e. The molecule has 0 aliphatic rings. The highest BCUT2D eigenvalue weighted by molar-refractivity contribution is 6.31. The van der Waals surface area contributed by atoms with Crippen molar-refractivity contribution in [2.45, 2.75) is 6.42 Å². The summed E-state index contributed by atoms with van der Waals surface area (Å²) in [4.78, 5) is 9.56. The quantitative estimate of drug-likeness (QED) is 0.573. The fraction of sp³-hybridized carbons (Fsp3) is 0.222. The maximum atomic E-state index is 10.1. The van der Waals surface area contributed by atoms with Gasteiger partial charge in [-0.2, -0.15) is 0 Å². The zero-order chi connectivity index (χ0) is 19.5. The topological polar surface area (TPSA) is 87.6 Å². The van der Waals surface area contributed by atoms with Crippen LogP contribution in [0.3, 0.4) is 0 Å². The van der Waals surface area contributed by atoms with Gasteiger partial charge in [0.15, 0.2) is 0 Å². The van der Waals surface area contributed by atoms with Crippen LogP contribution in [0.15, 0.2) is 42.6 Å². The van der Waals surface area contributed by atoms with Gasteiger partial charge in [0.2, 0.25) is 6.20 Å². The molecule has 0 aromatic heterocycles. The van der Waals surface area contributed by atoms with Crippen LogP contribution in [0.25, 0.3) is 6.08 Å². The second-order valence-electron chi connectivity index (χ2n) is 4.98. The first kappa shape index (κ1) is 21.8. The Morgan fingerprint density at radius 2 is 1.65 bits per heavy atom. The molecular weight excluding hydrogens is 379 g/mol. The Morgan fingerprint density at radius 1 is 1.08 bits per heavy atom. The molecule has 0 unspecified atom stereocenters. The molecule has 0 amide bonds. The van der Waals surface area contributed by atoms with Crippen molar-refractivity contribution in [3.05, 3.63) is 73.9 Å². The summed E-state index contributed by atoms with van der Waals surface area (Å²) in [6, 6.07) is 10.5. The highest BCUT2D eigenvalue weighted by atomic mass is 35.5. The average Bonchev–Trinajstić information content (AvgIpc) is 2.62. The minimum atomic E-state index is -0.534. The van der Waals surface area contributed by atoms with Gasteiger partial charge in [-0.25, -0.2) is 0 Å². The van der Waals surface area contributed by atoms with Crippen LogP contribution in [0, 0.1) is 10.1 Å². The number of rotatable bonds is 6. The molecule has 26 heavy (non-hydrogen) atoms. The first-order chi connectivity index (χ1) is 12.4. The zero-order valence-corrected chi connectivity index (χ0v) is 16.0. The van der Waals surface area contributed by atoms with E-state index in [2.05, 4.69) is 0 Å². The number of benzene rings is 2. The van der Waals surface area contributed by atoms with Gasteiger partial charge < -0.3 is 15.2 Å². The van der Waals surface area contributed by atoms with Gasteiger partial charge in [0, 0.05) is 21.7 Å². The Labute approximate surface area is 162 Å². The van der Waals surface area contributed by atoms with E-state index in [0.29, 0.717) is 27.9 Å². The van der Waals surface area contributed by atoms with Gasteiger partial charge in [-0.1, -0.05) is 29.3 Å². The molecule has 0 fully saturated rings. The van der Waals surface area contributed by atoms with E-state index >= 15 is 0 Å². The third-order valence-electron chi connectivity index (χ3n) is 3.23. The van der Waals surface area contributed by atoms with Gasteiger partial charge in [-0.15, -0.1) is 0 Å². The molecule has 0 aliphatic heterocycles. The minimum absolute atomic E-state index is 0.510. The number of nitro groups is 1. The van der Waals surface area contributed by atoms with Gasteiger partial charge in [0.25, 0.3) is 0 Å². The predicted molar refractivity (Wildman–Crippen MR) is 105 cm³/mol. The molecule has 6 nitrogen and oxygen atoms in total. The second-order valence-corrected chi connectivity index (χ2v) is 5.86. The van der Waals surface area contributed by atoms with E-state index in [-0.39, 0.29) is 0 Å². The number of nitrogens with zero attached hydrogens (tertiary/aromatic N) is 1. The molecule has 0 atom stereocenters. The Hall–Kier alpha value is -2.28. The number of halogens is 2. The Bertz CT molecular complexity index is 767. The van der Waals surface area contributed by atoms with Gasteiger partial charge in [-0.3, -0.25) is 10.1 Å². The fourth-order valence-electron chi connectivity index (χ4n) is 2.04. The molecule has 0 saturated carbocycles. The van der Waals surface area contributed by atoms with Crippen LogP contribution >= 0.6 is 23.2 Å². The lowest BCUT2D eigenvalue weighted by Gasteiger charge is -2.06. The highest BCUT2D eigenvalue weighted by Crippen LogP contribution is 2.24. The van der Waals surface area contributed by atoms with Crippen LogP contribution in [-0.4, -0.2) is 25.7 Å². The number of methoxy groups -OCH3 is 2. The zero-order valence-electron chi connectivity index (χ0n) is 14.4. The highest BCUT2D eigenvalue weighted by Gasteiger charge is 2.02. The van der Waals surface area contributed by atoms with Crippen molar-refractivity contribution in [3.63, 3.8) is 0 Å². The van der Waals surface area contributed by atoms with Crippen LogP contribution in [0.2, 0.25) is 10.0 Å². The summed E-state index contributed by atoms with van der Waals surface area (Å²) in [5.41, 5.74) is 7.15. The van der Waals surface area contributed by atoms with Gasteiger partial charge in [0.1, 0.15) is 11.5 Å². The second kappa shape index (κ2) is 11.4. The van der Waals surface area contributed by atoms with Crippen molar-refractivity contribution in [2.24, 2.45) is 5.73 Å². The molecule has 0 heterocycles. The van der Waals surface area contributed by atoms with E-state index in [1.807, 2.05) is 12.1 Å². The summed E-state index contributed by atoms with van der Waals surface area (Å²) in [6.07, 6.45) is 3.03. The van der Waals surface area contributed by atoms with Crippen molar-refractivity contribution < 1.29 is 14.4 Å². The molecule has 140 valence electrons. The summed E-state index contributed by atoms with van der Waals surface area (Å²) < 4.78 is 10.1. The van der Waals surface area contributed by atoms with Crippen molar-refractivity contribution in [3.8, 4) is 11.5 Å². The number of nitrogens with two attached hydrogens (primary N) is 1. The van der Waals surface area contributed by atoms with E-state index in [0.717, 1.165) is 23.9 Å². The first-order valence-electron chi connectivity index (χ1n) is 7.59. The van der Waals surface area contributed by atoms with E-state index in [1.165, 1.54) is 13.2 Å². The maximum Gasteiger partial charge on any atom is 0.235 e. The Morgan fingerprint density at radius 3 is 2.19 bits per heavy atom. The van der Waals surface area contributed by atoms with Crippen molar-refractivity contribution >= 4 is 29.3 Å². The van der Waals surface area contributed by atoms with Gasteiger partial charge >= 0.3 is 0 Å². The lowest BCUT2D eigenvalue weighted by Crippen LogP contribution is -2.04. The van der Waals surface area contributed by atoms with Gasteiger partial charge in [0.05, 0.1) is 19.1 Å². The number of ether oxygens (including phenoxy) is 2. The van der Waals surface area contributed by atoms with E-state index in [4.69, 9.17) is 38.4 Å². The lowest BCUT2D eigenvalue weighted by atomic mass is 10.1. The third kappa shape index (κ3) is 7.31. The monoisotopic (exact) mass is 398 g/mol. The van der Waals surface area contributed by atoms with E-state index < -0.39 is 4.92 Å². The van der Waals surface area contributed by atoms with Crippen molar-refractivity contribution in [1.82, 2.24) is 0 Å². The molecule has 2 N–H and O–H groups in total. The largest absolute Gasteiger partial charge is 0.496 e. The molecule has 2 aromatic rings. The SMILES string of the molecule is COc1cc(Cl)ccc1/C=C/[N+](=O)[O-].COc1cc(Cl)ccc1CCN. The standard InChI is InChI=1S/C9H8ClNO3.C9H12ClNO/c1-14-9-6-8(10)3-2-7(9)4-5-11(12)13;1-12-9-6-8(10)3-2-7(9)4-5-11/h2-6H,1H3;2-3,6H,4-5,11H2,1H3/b5-4+;. The summed E-state index contributed by atoms with van der Waals surface area (Å²) >= 11 is 11.5. The molecule has 2 aromatic carbocycles. The lowest BCUT2D eigenvalue weighted by molar-refractivity contribution is -0.400. The van der Waals surface area contributed by atoms with Crippen LogP contribution in [-0.2, 0) is 6.42 Å². The Balaban J connectivity index is 0.000000263. The summed E-state index contributed by atoms with van der Waals surface area (Å²) in [5.74, 6) is 1.32. The molecule has 2 rings (SSSR count). The molecular formula is C18H20Cl2N2O4. The summed E-state index contributed by atoms with van der Waals surface area (Å²) in [6.45, 7) is 0.623. The minimum Gasteiger partial charge on any atom is -0.496 e. The maximum absolute atomic E-state index is 10.1. The molecule has 0 aliphatic carbocycles. The Kier molecular flexibility index (Phi) is 9.51. The molecule has 0 spiro atoms. The molecule has 0 saturated heterocycles. The van der Waals surface area contributed by atoms with Crippen LogP contribution in [0.5, 0.6) is 11.5 Å². The predicted octanol–water partition coefficient (Wildman–Crippen LogP) is 4.45. The molecule has 0 radical (unpaired) electrons. The van der Waals surface area contributed by atoms with Crippen LogP contribution < -0.4 is 15.2 Å². The molecule has 0 bridgehead atoms. The fourth-order valence-corrected chi connectivity index (χ4v) is 2.37. The summed E-state index contributed by atoms with van der Waals surface area (Å²) in [7, 11) is 3.11. The first-order valence-corrected chi connectivity index (χ1v) is 8.34. The van der Waals surface area contributed by atoms with Gasteiger partial charge in [-0.05, 0) is 48.9 Å². The average molecular weight is 399 g/mol. The van der Waals surface area contributed by atoms with Crippen LogP contribution in [0.4, 0.5) is 0 Å². The van der Waals surface area contributed by atoms with Crippen molar-refractivity contribution in [1.29, 1.82) is 0 Å². The normalized spacial score (nSPS) is 10.2. The van der Waals surface area contributed by atoms with Crippen molar-refractivity contribution in [2.75, 3.05) is 20.8 Å². The number of hydrogen-bond acceptors (Lipinski definition) is 5. The van der Waals surface area contributed by atoms with E-state index in [9.17, 15) is 10.1 Å². The van der Waals surface area contributed by atoms with E-state index in [1.54, 1.807) is 31.4 Å². The molecule has 8 heteroatoms.